The number of anilines is 1. The van der Waals surface area contributed by atoms with E-state index in [4.69, 9.17) is 0 Å². The number of pyridine rings is 1. The summed E-state index contributed by atoms with van der Waals surface area (Å²) >= 11 is 0. The number of aromatic nitrogens is 3. The van der Waals surface area contributed by atoms with Crippen LogP contribution in [0, 0.1) is 0 Å². The van der Waals surface area contributed by atoms with Crippen LogP contribution in [0.3, 0.4) is 0 Å². The molecule has 5 nitrogen and oxygen atoms in total. The Balaban J connectivity index is 2.22. The number of hydrogen-bond acceptors (Lipinski definition) is 4. The molecule has 5 heteroatoms. The van der Waals surface area contributed by atoms with E-state index in [1.165, 1.54) is 12.8 Å². The second-order valence-corrected chi connectivity index (χ2v) is 3.77. The zero-order valence-corrected chi connectivity index (χ0v) is 8.03. The maximum Gasteiger partial charge on any atom is 0.274 e. The molecule has 1 aliphatic rings. The fourth-order valence-electron chi connectivity index (χ4n) is 1.60. The number of nitrogens with zero attached hydrogens (tertiary/aromatic N) is 2. The third-order valence-electron chi connectivity index (χ3n) is 2.51. The van der Waals surface area contributed by atoms with Gasteiger partial charge in [-0.3, -0.25) is 9.78 Å². The Hall–Kier alpha value is -1.91. The van der Waals surface area contributed by atoms with Gasteiger partial charge in [0.05, 0.1) is 23.5 Å². The molecule has 2 N–H and O–H groups in total. The summed E-state index contributed by atoms with van der Waals surface area (Å²) in [5.74, 6) is 0. The number of nitrogens with one attached hydrogen (secondary N) is 2. The molecule has 0 amide bonds. The lowest BCUT2D eigenvalue weighted by molar-refractivity contribution is 1.01. The molecule has 0 aliphatic heterocycles. The first-order chi connectivity index (χ1) is 7.34. The fourth-order valence-corrected chi connectivity index (χ4v) is 1.60. The van der Waals surface area contributed by atoms with Gasteiger partial charge in [0.1, 0.15) is 0 Å². The minimum absolute atomic E-state index is 0.168. The highest BCUT2D eigenvalue weighted by molar-refractivity contribution is 5.91. The van der Waals surface area contributed by atoms with Gasteiger partial charge in [-0.05, 0) is 12.8 Å². The number of fused-ring (bicyclic) bond motifs is 1. The summed E-state index contributed by atoms with van der Waals surface area (Å²) in [7, 11) is 0. The van der Waals surface area contributed by atoms with E-state index in [0.29, 0.717) is 11.4 Å². The number of rotatable bonds is 2. The molecule has 0 saturated heterocycles. The normalized spacial score (nSPS) is 15.5. The summed E-state index contributed by atoms with van der Waals surface area (Å²) in [5, 5.41) is 10.9. The fraction of sp³-hybridized carbons (Fsp3) is 0.300. The molecule has 2 aromatic heterocycles. The van der Waals surface area contributed by atoms with Crippen molar-refractivity contribution in [2.45, 2.75) is 18.9 Å². The van der Waals surface area contributed by atoms with E-state index in [0.717, 1.165) is 11.1 Å². The minimum atomic E-state index is -0.168. The SMILES string of the molecule is O=c1[nH]ncc2cncc(NC3CC3)c12. The van der Waals surface area contributed by atoms with Crippen molar-refractivity contribution in [2.24, 2.45) is 0 Å². The highest BCUT2D eigenvalue weighted by Crippen LogP contribution is 2.26. The Kier molecular flexibility index (Phi) is 1.71. The molecular formula is C10H10N4O. The standard InChI is InChI=1S/C10H10N4O/c15-10-9-6(4-12-14-10)3-11-5-8(9)13-7-1-2-7/h3-5,7,13H,1-2H2,(H,14,15). The number of aromatic amines is 1. The van der Waals surface area contributed by atoms with E-state index >= 15 is 0 Å². The molecule has 1 fully saturated rings. The Morgan fingerprint density at radius 1 is 1.33 bits per heavy atom. The summed E-state index contributed by atoms with van der Waals surface area (Å²) in [6.45, 7) is 0. The van der Waals surface area contributed by atoms with Crippen LogP contribution in [0.2, 0.25) is 0 Å². The smallest absolute Gasteiger partial charge is 0.274 e. The van der Waals surface area contributed by atoms with Crippen LogP contribution >= 0.6 is 0 Å². The topological polar surface area (TPSA) is 70.7 Å². The van der Waals surface area contributed by atoms with Crippen LogP contribution in [0.4, 0.5) is 5.69 Å². The molecule has 0 aromatic carbocycles. The average Bonchev–Trinajstić information content (AvgIpc) is 3.02. The molecule has 15 heavy (non-hydrogen) atoms. The Morgan fingerprint density at radius 2 is 2.20 bits per heavy atom. The molecule has 76 valence electrons. The second kappa shape index (κ2) is 3.05. The lowest BCUT2D eigenvalue weighted by Gasteiger charge is -2.06. The van der Waals surface area contributed by atoms with E-state index < -0.39 is 0 Å². The first-order valence-electron chi connectivity index (χ1n) is 4.92. The first kappa shape index (κ1) is 8.40. The molecular weight excluding hydrogens is 192 g/mol. The van der Waals surface area contributed by atoms with Crippen molar-refractivity contribution in [2.75, 3.05) is 5.32 Å². The summed E-state index contributed by atoms with van der Waals surface area (Å²) in [6.07, 6.45) is 7.28. The molecule has 0 spiro atoms. The minimum Gasteiger partial charge on any atom is -0.380 e. The maximum atomic E-state index is 11.6. The third kappa shape index (κ3) is 1.45. The van der Waals surface area contributed by atoms with Crippen molar-refractivity contribution in [3.8, 4) is 0 Å². The van der Waals surface area contributed by atoms with Gasteiger partial charge in [0.25, 0.3) is 5.56 Å². The zero-order valence-electron chi connectivity index (χ0n) is 8.03. The lowest BCUT2D eigenvalue weighted by Crippen LogP contribution is -2.12. The largest absolute Gasteiger partial charge is 0.380 e. The highest BCUT2D eigenvalue weighted by atomic mass is 16.1. The summed E-state index contributed by atoms with van der Waals surface area (Å²) in [4.78, 5) is 15.7. The van der Waals surface area contributed by atoms with Gasteiger partial charge in [0.15, 0.2) is 0 Å². The van der Waals surface area contributed by atoms with Gasteiger partial charge >= 0.3 is 0 Å². The number of hydrogen-bond donors (Lipinski definition) is 2. The van der Waals surface area contributed by atoms with Crippen molar-refractivity contribution in [1.29, 1.82) is 0 Å². The van der Waals surface area contributed by atoms with Gasteiger partial charge in [0, 0.05) is 17.6 Å². The first-order valence-corrected chi connectivity index (χ1v) is 4.92. The van der Waals surface area contributed by atoms with Crippen LogP contribution in [-0.4, -0.2) is 21.2 Å². The van der Waals surface area contributed by atoms with E-state index in [1.807, 2.05) is 0 Å². The van der Waals surface area contributed by atoms with Gasteiger partial charge in [-0.15, -0.1) is 0 Å². The molecule has 2 heterocycles. The van der Waals surface area contributed by atoms with Crippen molar-refractivity contribution in [1.82, 2.24) is 15.2 Å². The quantitative estimate of drug-likeness (QED) is 0.758. The molecule has 0 radical (unpaired) electrons. The van der Waals surface area contributed by atoms with Crippen LogP contribution in [-0.2, 0) is 0 Å². The predicted octanol–water partition coefficient (Wildman–Crippen LogP) is 0.892. The van der Waals surface area contributed by atoms with Gasteiger partial charge in [0.2, 0.25) is 0 Å². The van der Waals surface area contributed by atoms with Gasteiger partial charge < -0.3 is 5.32 Å². The summed E-state index contributed by atoms with van der Waals surface area (Å²) in [5.41, 5.74) is 0.636. The summed E-state index contributed by atoms with van der Waals surface area (Å²) < 4.78 is 0. The van der Waals surface area contributed by atoms with Crippen LogP contribution in [0.25, 0.3) is 10.8 Å². The number of H-pyrrole nitrogens is 1. The lowest BCUT2D eigenvalue weighted by atomic mass is 10.2. The molecule has 1 saturated carbocycles. The second-order valence-electron chi connectivity index (χ2n) is 3.77. The van der Waals surface area contributed by atoms with E-state index in [9.17, 15) is 4.79 Å². The van der Waals surface area contributed by atoms with Gasteiger partial charge in [-0.2, -0.15) is 5.10 Å². The molecule has 0 unspecified atom stereocenters. The molecule has 3 rings (SSSR count). The average molecular weight is 202 g/mol. The maximum absolute atomic E-state index is 11.6. The Labute approximate surface area is 85.5 Å². The van der Waals surface area contributed by atoms with E-state index in [1.54, 1.807) is 18.6 Å². The molecule has 2 aromatic rings. The van der Waals surface area contributed by atoms with Gasteiger partial charge in [-0.1, -0.05) is 0 Å². The van der Waals surface area contributed by atoms with Gasteiger partial charge in [-0.25, -0.2) is 5.10 Å². The van der Waals surface area contributed by atoms with Crippen LogP contribution < -0.4 is 10.9 Å². The van der Waals surface area contributed by atoms with Crippen molar-refractivity contribution in [3.63, 3.8) is 0 Å². The van der Waals surface area contributed by atoms with Crippen LogP contribution in [0.15, 0.2) is 23.4 Å². The zero-order chi connectivity index (χ0) is 10.3. The van der Waals surface area contributed by atoms with Crippen molar-refractivity contribution >= 4 is 16.5 Å². The van der Waals surface area contributed by atoms with Crippen molar-refractivity contribution in [3.05, 3.63) is 28.9 Å². The van der Waals surface area contributed by atoms with E-state index in [-0.39, 0.29) is 5.56 Å². The van der Waals surface area contributed by atoms with Crippen LogP contribution in [0.5, 0.6) is 0 Å². The molecule has 1 aliphatic carbocycles. The Morgan fingerprint density at radius 3 is 3.00 bits per heavy atom. The third-order valence-corrected chi connectivity index (χ3v) is 2.51. The van der Waals surface area contributed by atoms with E-state index in [2.05, 4.69) is 20.5 Å². The predicted molar refractivity (Wildman–Crippen MR) is 56.8 cm³/mol. The van der Waals surface area contributed by atoms with Crippen LogP contribution in [0.1, 0.15) is 12.8 Å². The Bertz CT molecular complexity index is 553. The monoisotopic (exact) mass is 202 g/mol. The molecule has 0 atom stereocenters. The molecule has 0 bridgehead atoms. The summed E-state index contributed by atoms with van der Waals surface area (Å²) in [6, 6.07) is 0.505. The van der Waals surface area contributed by atoms with Crippen molar-refractivity contribution < 1.29 is 0 Å². The highest BCUT2D eigenvalue weighted by Gasteiger charge is 2.22.